The van der Waals surface area contributed by atoms with Gasteiger partial charge in [-0.25, -0.2) is 0 Å². The van der Waals surface area contributed by atoms with E-state index in [4.69, 9.17) is 0 Å². The maximum Gasteiger partial charge on any atom is 0.0165 e. The highest BCUT2D eigenvalue weighted by Gasteiger charge is 2.49. The molecule has 0 nitrogen and oxygen atoms in total. The van der Waals surface area contributed by atoms with Crippen molar-refractivity contribution in [2.75, 3.05) is 0 Å². The predicted molar refractivity (Wildman–Crippen MR) is 423 cm³/mol. The summed E-state index contributed by atoms with van der Waals surface area (Å²) in [5.41, 5.74) is 35.8. The second kappa shape index (κ2) is 19.4. The minimum Gasteiger partial charge on any atom is -0.0619 e. The fraction of sp³-hybridized carbons (Fsp3) is 0.212. The summed E-state index contributed by atoms with van der Waals surface area (Å²) in [5.74, 6) is 0.637. The normalized spacial score (nSPS) is 17.5. The standard InChI is InChI=1S/C38H32.C32H22.C29H26/c1-37(2)29-19-17-27-33-25-11-6-5-8-21(25)15-18-28(33)38(3,4)36(27)35(29)34-26-16-14-23-10-7-9-22-12-13-24(20-30(34)37)32(26)31(22)23;1-32(2)26-10-6-5-9-23(26)31-25-14-11-19-16-21-15-18-7-3-4-8-22(18)28(21)24-13-12-20(17-27(31)32)30(25)29(19)24;1-28(2,3)20-14-17-10-11-19-16-24-27(21-8-6-7-9-23(21)29(24,4)5)22-13-12-18(15-20)25(17)26(19)22/h5-11,14-19,24H,12-13,20H2,1-4H3;3-14,16-17H,15H2,1-2H3;6-16H,1-5H3. The Balaban J connectivity index is 0.0000000985. The van der Waals surface area contributed by atoms with Crippen LogP contribution in [0.1, 0.15) is 173 Å². The number of rotatable bonds is 0. The highest BCUT2D eigenvalue weighted by atomic mass is 14.5. The lowest BCUT2D eigenvalue weighted by Gasteiger charge is -2.36. The summed E-state index contributed by atoms with van der Waals surface area (Å²) in [7, 11) is 0. The van der Waals surface area contributed by atoms with Gasteiger partial charge < -0.3 is 0 Å². The van der Waals surface area contributed by atoms with Crippen molar-refractivity contribution in [1.29, 1.82) is 0 Å². The molecule has 0 saturated carbocycles. The number of hydrogen-bond acceptors (Lipinski definition) is 0. The smallest absolute Gasteiger partial charge is 0.0165 e. The van der Waals surface area contributed by atoms with E-state index >= 15 is 0 Å². The summed E-state index contributed by atoms with van der Waals surface area (Å²) in [6.45, 7) is 26.3. The topological polar surface area (TPSA) is 0 Å². The van der Waals surface area contributed by atoms with Crippen LogP contribution in [0, 0.1) is 0 Å². The first kappa shape index (κ1) is 57.9. The lowest BCUT2D eigenvalue weighted by Crippen LogP contribution is -2.23. The van der Waals surface area contributed by atoms with Crippen molar-refractivity contribution in [3.8, 4) is 44.5 Å². The summed E-state index contributed by atoms with van der Waals surface area (Å²) in [5, 5.41) is 22.4. The fourth-order valence-electron chi connectivity index (χ4n) is 21.3. The van der Waals surface area contributed by atoms with Crippen LogP contribution in [0.2, 0.25) is 0 Å². The Kier molecular flexibility index (Phi) is 11.3. The van der Waals surface area contributed by atoms with E-state index in [9.17, 15) is 0 Å². The number of benzene rings is 16. The third-order valence-electron chi connectivity index (χ3n) is 26.1. The molecule has 1 unspecified atom stereocenters. The van der Waals surface area contributed by atoms with Gasteiger partial charge in [0.2, 0.25) is 0 Å². The van der Waals surface area contributed by atoms with Crippen LogP contribution in [0.3, 0.4) is 0 Å². The molecule has 0 fully saturated rings. The number of aryl methyl sites for hydroxylation is 1. The minimum absolute atomic E-state index is 0.0244. The molecule has 16 aromatic rings. The van der Waals surface area contributed by atoms with Crippen molar-refractivity contribution in [2.45, 2.75) is 135 Å². The molecule has 0 heterocycles. The number of fused-ring (bicyclic) bond motifs is 21. The van der Waals surface area contributed by atoms with Crippen molar-refractivity contribution in [3.63, 3.8) is 0 Å². The molecule has 0 bridgehead atoms. The zero-order valence-corrected chi connectivity index (χ0v) is 58.8. The molecule has 7 aliphatic rings. The molecule has 0 heteroatoms. The molecule has 7 aliphatic carbocycles. The van der Waals surface area contributed by atoms with E-state index in [0.717, 1.165) is 6.42 Å². The Labute approximate surface area is 581 Å². The van der Waals surface area contributed by atoms with Crippen LogP contribution in [0.15, 0.2) is 236 Å². The Morgan fingerprint density at radius 2 is 0.808 bits per heavy atom. The summed E-state index contributed by atoms with van der Waals surface area (Å²) in [6, 6.07) is 88.3. The van der Waals surface area contributed by atoms with Gasteiger partial charge in [-0.1, -0.05) is 300 Å². The van der Waals surface area contributed by atoms with Crippen LogP contribution >= 0.6 is 0 Å². The van der Waals surface area contributed by atoms with Gasteiger partial charge in [0.15, 0.2) is 0 Å². The second-order valence-corrected chi connectivity index (χ2v) is 33.6. The molecule has 0 saturated heterocycles. The van der Waals surface area contributed by atoms with E-state index in [-0.39, 0.29) is 27.1 Å². The Morgan fingerprint density at radius 3 is 1.47 bits per heavy atom. The van der Waals surface area contributed by atoms with Crippen LogP contribution < -0.4 is 0 Å². The van der Waals surface area contributed by atoms with Gasteiger partial charge in [-0.3, -0.25) is 0 Å². The van der Waals surface area contributed by atoms with E-state index in [1.54, 1.807) is 38.8 Å². The molecule has 476 valence electrons. The van der Waals surface area contributed by atoms with Crippen LogP contribution in [0.25, 0.3) is 136 Å². The van der Waals surface area contributed by atoms with Crippen molar-refractivity contribution < 1.29 is 0 Å². The Bertz CT molecular complexity index is 6350. The van der Waals surface area contributed by atoms with Crippen LogP contribution in [-0.2, 0) is 39.9 Å². The average molecular weight is 1270 g/mol. The predicted octanol–water partition coefficient (Wildman–Crippen LogP) is 26.5. The SMILES string of the molecule is CC(C)(C)c1cc2ccc3cc4c(c5ccc(c1)c2c35)-c1ccccc1C4(C)C.CC1(C)C2=C(c3ccc4cccc5c4c3C(CC5)C2)c2c1ccc1c2C(C)(C)c2ccc3ccccc3c2-1.CC1(C)c2ccccc2-c2c1cc1ccc3c4c(cc5ccc2c1c53)Cc1ccccc1-4. The summed E-state index contributed by atoms with van der Waals surface area (Å²) >= 11 is 0. The van der Waals surface area contributed by atoms with Crippen molar-refractivity contribution >= 4 is 91.8 Å². The zero-order valence-electron chi connectivity index (χ0n) is 58.8. The highest BCUT2D eigenvalue weighted by molar-refractivity contribution is 6.30. The molecule has 16 aromatic carbocycles. The van der Waals surface area contributed by atoms with E-state index in [2.05, 4.69) is 307 Å². The zero-order chi connectivity index (χ0) is 66.9. The molecule has 0 amide bonds. The third kappa shape index (κ3) is 7.50. The third-order valence-corrected chi connectivity index (χ3v) is 26.1. The van der Waals surface area contributed by atoms with E-state index in [0.29, 0.717) is 5.92 Å². The molecule has 0 aliphatic heterocycles. The molecule has 0 aromatic heterocycles. The van der Waals surface area contributed by atoms with Crippen molar-refractivity contribution in [2.24, 2.45) is 0 Å². The first-order chi connectivity index (χ1) is 47.8. The molecular weight excluding hydrogens is 1190 g/mol. The van der Waals surface area contributed by atoms with Gasteiger partial charge in [0, 0.05) is 21.7 Å². The lowest BCUT2D eigenvalue weighted by atomic mass is 9.67. The lowest BCUT2D eigenvalue weighted by molar-refractivity contribution is 0.534. The summed E-state index contributed by atoms with van der Waals surface area (Å²) in [4.78, 5) is 0. The van der Waals surface area contributed by atoms with Gasteiger partial charge in [0.25, 0.3) is 0 Å². The van der Waals surface area contributed by atoms with Gasteiger partial charge in [-0.15, -0.1) is 0 Å². The summed E-state index contributed by atoms with van der Waals surface area (Å²) in [6.07, 6.45) is 4.72. The fourth-order valence-corrected chi connectivity index (χ4v) is 21.3. The van der Waals surface area contributed by atoms with E-state index in [1.807, 2.05) is 0 Å². The van der Waals surface area contributed by atoms with E-state index in [1.165, 1.54) is 200 Å². The van der Waals surface area contributed by atoms with Gasteiger partial charge in [0.05, 0.1) is 0 Å². The van der Waals surface area contributed by atoms with Crippen molar-refractivity contribution in [1.82, 2.24) is 0 Å². The highest BCUT2D eigenvalue weighted by Crippen LogP contribution is 2.65. The maximum atomic E-state index is 2.49. The van der Waals surface area contributed by atoms with Crippen LogP contribution in [0.5, 0.6) is 0 Å². The van der Waals surface area contributed by atoms with Crippen LogP contribution in [-0.4, -0.2) is 0 Å². The molecule has 0 N–H and O–H groups in total. The Hall–Kier alpha value is -10.1. The molecule has 1 atom stereocenters. The van der Waals surface area contributed by atoms with Gasteiger partial charge in [-0.2, -0.15) is 0 Å². The van der Waals surface area contributed by atoms with Gasteiger partial charge >= 0.3 is 0 Å². The van der Waals surface area contributed by atoms with Crippen molar-refractivity contribution in [3.05, 3.63) is 314 Å². The molecule has 99 heavy (non-hydrogen) atoms. The average Bonchev–Trinajstić information content (AvgIpc) is 1.52. The molecule has 23 rings (SSSR count). The monoisotopic (exact) mass is 1270 g/mol. The quantitative estimate of drug-likeness (QED) is 0.133. The first-order valence-corrected chi connectivity index (χ1v) is 36.6. The summed E-state index contributed by atoms with van der Waals surface area (Å²) < 4.78 is 0. The second-order valence-electron chi connectivity index (χ2n) is 33.6. The van der Waals surface area contributed by atoms with Gasteiger partial charge in [0.1, 0.15) is 0 Å². The first-order valence-electron chi connectivity index (χ1n) is 36.6. The number of hydrogen-bond donors (Lipinski definition) is 0. The van der Waals surface area contributed by atoms with Gasteiger partial charge in [-0.05, 0) is 263 Å². The number of allylic oxidation sites excluding steroid dienone is 1. The van der Waals surface area contributed by atoms with Crippen LogP contribution in [0.4, 0.5) is 0 Å². The molecule has 0 spiro atoms. The maximum absolute atomic E-state index is 2.49. The Morgan fingerprint density at radius 1 is 0.313 bits per heavy atom. The molecular formula is C99H80. The van der Waals surface area contributed by atoms with E-state index < -0.39 is 0 Å². The minimum atomic E-state index is -0.0470. The molecule has 0 radical (unpaired) electrons. The largest absolute Gasteiger partial charge is 0.0619 e.